The first-order chi connectivity index (χ1) is 9.31. The Bertz CT molecular complexity index is 560. The van der Waals surface area contributed by atoms with Crippen LogP contribution in [0.4, 0.5) is 0 Å². The fourth-order valence-electron chi connectivity index (χ4n) is 1.61. The van der Waals surface area contributed by atoms with E-state index in [4.69, 9.17) is 5.26 Å². The van der Waals surface area contributed by atoms with Gasteiger partial charge in [-0.05, 0) is 11.6 Å². The lowest BCUT2D eigenvalue weighted by molar-refractivity contribution is 0.0735. The lowest BCUT2D eigenvalue weighted by atomic mass is 10.2. The van der Waals surface area contributed by atoms with E-state index in [-0.39, 0.29) is 18.2 Å². The number of nitriles is 1. The Labute approximate surface area is 109 Å². The van der Waals surface area contributed by atoms with Crippen molar-refractivity contribution in [2.45, 2.75) is 13.0 Å². The van der Waals surface area contributed by atoms with Crippen molar-refractivity contribution in [2.75, 3.05) is 6.54 Å². The van der Waals surface area contributed by atoms with E-state index in [1.165, 1.54) is 6.33 Å². The van der Waals surface area contributed by atoms with Crippen molar-refractivity contribution in [2.24, 2.45) is 0 Å². The Morgan fingerprint density at radius 1 is 1.53 bits per heavy atom. The van der Waals surface area contributed by atoms with Gasteiger partial charge in [0.15, 0.2) is 0 Å². The van der Waals surface area contributed by atoms with Gasteiger partial charge < -0.3 is 4.90 Å². The van der Waals surface area contributed by atoms with Crippen molar-refractivity contribution >= 4 is 5.91 Å². The Kier molecular flexibility index (Phi) is 4.18. The predicted molar refractivity (Wildman–Crippen MR) is 65.6 cm³/mol. The Hall–Kier alpha value is -2.75. The molecule has 0 saturated heterocycles. The highest BCUT2D eigenvalue weighted by Crippen LogP contribution is 2.07. The van der Waals surface area contributed by atoms with Crippen LogP contribution in [0.25, 0.3) is 0 Å². The number of hydrogen-bond donors (Lipinski definition) is 1. The van der Waals surface area contributed by atoms with Gasteiger partial charge >= 0.3 is 0 Å². The van der Waals surface area contributed by atoms with Crippen LogP contribution in [0.3, 0.4) is 0 Å². The minimum Gasteiger partial charge on any atom is -0.331 e. The molecule has 0 unspecified atom stereocenters. The summed E-state index contributed by atoms with van der Waals surface area (Å²) in [6.45, 7) is 0.722. The summed E-state index contributed by atoms with van der Waals surface area (Å²) in [4.78, 5) is 21.6. The quantitative estimate of drug-likeness (QED) is 0.851. The molecule has 0 aromatic carbocycles. The molecule has 1 N–H and O–H groups in total. The molecule has 19 heavy (non-hydrogen) atoms. The van der Waals surface area contributed by atoms with Gasteiger partial charge in [-0.25, -0.2) is 4.98 Å². The zero-order chi connectivity index (χ0) is 13.5. The minimum absolute atomic E-state index is 0.168. The molecule has 0 radical (unpaired) electrons. The van der Waals surface area contributed by atoms with Gasteiger partial charge in [0.25, 0.3) is 5.91 Å². The number of nitrogens with one attached hydrogen (secondary N) is 1. The van der Waals surface area contributed by atoms with Gasteiger partial charge in [-0.2, -0.15) is 10.4 Å². The van der Waals surface area contributed by atoms with E-state index < -0.39 is 0 Å². The smallest absolute Gasteiger partial charge is 0.291 e. The van der Waals surface area contributed by atoms with Crippen LogP contribution in [0.1, 0.15) is 22.6 Å². The van der Waals surface area contributed by atoms with Crippen molar-refractivity contribution in [3.05, 3.63) is 42.2 Å². The number of carbonyl (C=O) groups is 1. The van der Waals surface area contributed by atoms with Crippen LogP contribution in [0, 0.1) is 11.3 Å². The van der Waals surface area contributed by atoms with Gasteiger partial charge in [0.1, 0.15) is 6.33 Å². The summed E-state index contributed by atoms with van der Waals surface area (Å²) in [6, 6.07) is 5.71. The van der Waals surface area contributed by atoms with Crippen LogP contribution in [-0.4, -0.2) is 37.5 Å². The van der Waals surface area contributed by atoms with Crippen LogP contribution >= 0.6 is 0 Å². The van der Waals surface area contributed by atoms with Crippen molar-refractivity contribution in [3.63, 3.8) is 0 Å². The molecule has 0 fully saturated rings. The van der Waals surface area contributed by atoms with Crippen molar-refractivity contribution < 1.29 is 4.79 Å². The van der Waals surface area contributed by atoms with Gasteiger partial charge in [0, 0.05) is 25.5 Å². The summed E-state index contributed by atoms with van der Waals surface area (Å²) < 4.78 is 0. The molecule has 96 valence electrons. The molecule has 0 aliphatic carbocycles. The topological polar surface area (TPSA) is 98.6 Å². The summed E-state index contributed by atoms with van der Waals surface area (Å²) in [7, 11) is 0. The SMILES string of the molecule is N#CCCN(Cc1cccnc1)C(=O)c1ncn[nH]1. The van der Waals surface area contributed by atoms with E-state index in [1.807, 2.05) is 12.1 Å². The van der Waals surface area contributed by atoms with E-state index in [0.29, 0.717) is 13.1 Å². The summed E-state index contributed by atoms with van der Waals surface area (Å²) in [6.07, 6.45) is 4.90. The number of carbonyl (C=O) groups excluding carboxylic acids is 1. The molecule has 1 amide bonds. The molecule has 0 bridgehead atoms. The lowest BCUT2D eigenvalue weighted by Crippen LogP contribution is -2.32. The van der Waals surface area contributed by atoms with Crippen LogP contribution in [0.15, 0.2) is 30.9 Å². The number of H-pyrrole nitrogens is 1. The number of aromatic nitrogens is 4. The zero-order valence-corrected chi connectivity index (χ0v) is 10.2. The third-order valence-corrected chi connectivity index (χ3v) is 2.49. The summed E-state index contributed by atoms with van der Waals surface area (Å²) >= 11 is 0. The fourth-order valence-corrected chi connectivity index (χ4v) is 1.61. The normalized spacial score (nSPS) is 9.84. The first-order valence-corrected chi connectivity index (χ1v) is 5.71. The summed E-state index contributed by atoms with van der Waals surface area (Å²) in [5.41, 5.74) is 0.897. The maximum atomic E-state index is 12.2. The summed E-state index contributed by atoms with van der Waals surface area (Å²) in [5.74, 6) is -0.113. The summed E-state index contributed by atoms with van der Waals surface area (Å²) in [5, 5.41) is 14.8. The number of rotatable bonds is 5. The van der Waals surface area contributed by atoms with Crippen LogP contribution in [0.2, 0.25) is 0 Å². The molecule has 0 aliphatic heterocycles. The van der Waals surface area contributed by atoms with E-state index >= 15 is 0 Å². The highest BCUT2D eigenvalue weighted by molar-refractivity contribution is 5.90. The molecule has 2 rings (SSSR count). The second-order valence-corrected chi connectivity index (χ2v) is 3.83. The van der Waals surface area contributed by atoms with Crippen LogP contribution < -0.4 is 0 Å². The lowest BCUT2D eigenvalue weighted by Gasteiger charge is -2.20. The highest BCUT2D eigenvalue weighted by atomic mass is 16.2. The average molecular weight is 256 g/mol. The molecule has 2 aromatic heterocycles. The number of pyridine rings is 1. The standard InChI is InChI=1S/C12H12N6O/c13-4-2-6-18(8-10-3-1-5-14-7-10)12(19)11-15-9-16-17-11/h1,3,5,7,9H,2,6,8H2,(H,15,16,17). The number of amides is 1. The second-order valence-electron chi connectivity index (χ2n) is 3.83. The van der Waals surface area contributed by atoms with Gasteiger partial charge in [-0.3, -0.25) is 14.9 Å². The van der Waals surface area contributed by atoms with Crippen molar-refractivity contribution in [1.82, 2.24) is 25.1 Å². The molecule has 0 aliphatic rings. The predicted octanol–water partition coefficient (Wildman–Crippen LogP) is 0.756. The monoisotopic (exact) mass is 256 g/mol. The molecular weight excluding hydrogens is 244 g/mol. The zero-order valence-electron chi connectivity index (χ0n) is 10.2. The molecule has 2 heterocycles. The molecular formula is C12H12N6O. The molecule has 0 atom stereocenters. The molecule has 2 aromatic rings. The second kappa shape index (κ2) is 6.26. The highest BCUT2D eigenvalue weighted by Gasteiger charge is 2.18. The van der Waals surface area contributed by atoms with Gasteiger partial charge in [0.2, 0.25) is 5.82 Å². The fraction of sp³-hybridized carbons (Fsp3) is 0.250. The van der Waals surface area contributed by atoms with Crippen LogP contribution in [-0.2, 0) is 6.54 Å². The number of hydrogen-bond acceptors (Lipinski definition) is 5. The van der Waals surface area contributed by atoms with Gasteiger partial charge in [-0.15, -0.1) is 0 Å². The Morgan fingerprint density at radius 2 is 2.42 bits per heavy atom. The molecule has 7 heteroatoms. The third-order valence-electron chi connectivity index (χ3n) is 2.49. The Morgan fingerprint density at radius 3 is 3.05 bits per heavy atom. The van der Waals surface area contributed by atoms with Gasteiger partial charge in [0.05, 0.1) is 12.5 Å². The molecule has 0 spiro atoms. The Balaban J connectivity index is 2.12. The van der Waals surface area contributed by atoms with Crippen molar-refractivity contribution in [3.8, 4) is 6.07 Å². The first-order valence-electron chi connectivity index (χ1n) is 5.71. The van der Waals surface area contributed by atoms with Crippen LogP contribution in [0.5, 0.6) is 0 Å². The average Bonchev–Trinajstić information content (AvgIpc) is 2.98. The maximum absolute atomic E-state index is 12.2. The van der Waals surface area contributed by atoms with Gasteiger partial charge in [-0.1, -0.05) is 6.07 Å². The third kappa shape index (κ3) is 3.35. The van der Waals surface area contributed by atoms with E-state index in [2.05, 4.69) is 20.2 Å². The minimum atomic E-state index is -0.281. The molecule has 7 nitrogen and oxygen atoms in total. The number of aromatic amines is 1. The number of nitrogens with zero attached hydrogens (tertiary/aromatic N) is 5. The van der Waals surface area contributed by atoms with E-state index in [1.54, 1.807) is 23.4 Å². The van der Waals surface area contributed by atoms with E-state index in [9.17, 15) is 4.79 Å². The van der Waals surface area contributed by atoms with E-state index in [0.717, 1.165) is 5.56 Å². The molecule has 0 saturated carbocycles. The largest absolute Gasteiger partial charge is 0.331 e. The van der Waals surface area contributed by atoms with Crippen molar-refractivity contribution in [1.29, 1.82) is 5.26 Å². The first kappa shape index (κ1) is 12.7. The maximum Gasteiger partial charge on any atom is 0.291 e.